The number of ether oxygens (including phenoxy) is 1. The fourth-order valence-corrected chi connectivity index (χ4v) is 3.17. The lowest BCUT2D eigenvalue weighted by molar-refractivity contribution is -0.908. The summed E-state index contributed by atoms with van der Waals surface area (Å²) in [5.41, 5.74) is 1.09. The van der Waals surface area contributed by atoms with Gasteiger partial charge in [0.25, 0.3) is 5.91 Å². The summed E-state index contributed by atoms with van der Waals surface area (Å²) in [6, 6.07) is 7.28. The average Bonchev–Trinajstić information content (AvgIpc) is 2.61. The number of carbonyl (C=O) groups is 2. The van der Waals surface area contributed by atoms with Gasteiger partial charge in [0.2, 0.25) is 0 Å². The molecule has 25 heavy (non-hydrogen) atoms. The second kappa shape index (κ2) is 9.42. The van der Waals surface area contributed by atoms with Crippen molar-refractivity contribution in [1.82, 2.24) is 10.6 Å². The minimum atomic E-state index is -0.377. The van der Waals surface area contributed by atoms with Gasteiger partial charge in [-0.05, 0) is 31.9 Å². The molecule has 2 atom stereocenters. The molecule has 1 aromatic rings. The molecule has 1 aliphatic carbocycles. The Morgan fingerprint density at radius 2 is 2.00 bits per heavy atom. The summed E-state index contributed by atoms with van der Waals surface area (Å²) in [5.74, 6) is 0.544. The maximum Gasteiger partial charge on any atom is 0.321 e. The number of rotatable bonds is 6. The topological polar surface area (TPSA) is 71.9 Å². The van der Waals surface area contributed by atoms with Crippen LogP contribution in [0.25, 0.3) is 0 Å². The van der Waals surface area contributed by atoms with Gasteiger partial charge in [0.05, 0.1) is 14.2 Å². The molecular formula is C19H30N3O3+. The van der Waals surface area contributed by atoms with Crippen molar-refractivity contribution in [2.24, 2.45) is 0 Å². The number of imide groups is 1. The van der Waals surface area contributed by atoms with E-state index in [1.165, 1.54) is 6.42 Å². The Labute approximate surface area is 149 Å². The van der Waals surface area contributed by atoms with Crippen LogP contribution in [0.15, 0.2) is 24.3 Å². The average molecular weight is 348 g/mol. The molecule has 0 heterocycles. The number of carbonyl (C=O) groups excluding carboxylic acids is 2. The zero-order valence-electron chi connectivity index (χ0n) is 15.4. The summed E-state index contributed by atoms with van der Waals surface area (Å²) >= 11 is 0. The summed E-state index contributed by atoms with van der Waals surface area (Å²) in [6.07, 6.45) is 5.51. The molecule has 6 heteroatoms. The number of likely N-dealkylation sites (N-methyl/N-ethyl adjacent to an activating group) is 1. The minimum Gasteiger partial charge on any atom is -0.497 e. The van der Waals surface area contributed by atoms with E-state index in [1.54, 1.807) is 7.11 Å². The normalized spacial score (nSPS) is 17.4. The van der Waals surface area contributed by atoms with Gasteiger partial charge < -0.3 is 15.0 Å². The molecule has 0 saturated heterocycles. The second-order valence-electron chi connectivity index (χ2n) is 6.89. The highest BCUT2D eigenvalue weighted by molar-refractivity contribution is 5.96. The van der Waals surface area contributed by atoms with E-state index in [0.717, 1.165) is 41.9 Å². The van der Waals surface area contributed by atoms with Crippen LogP contribution in [-0.4, -0.2) is 38.2 Å². The first-order valence-electron chi connectivity index (χ1n) is 9.06. The predicted molar refractivity (Wildman–Crippen MR) is 96.6 cm³/mol. The van der Waals surface area contributed by atoms with Crippen LogP contribution in [0.4, 0.5) is 4.79 Å². The van der Waals surface area contributed by atoms with Gasteiger partial charge in [-0.25, -0.2) is 4.79 Å². The molecule has 0 radical (unpaired) electrons. The second-order valence-corrected chi connectivity index (χ2v) is 6.89. The third-order valence-corrected chi connectivity index (χ3v) is 4.93. The van der Waals surface area contributed by atoms with Crippen LogP contribution in [-0.2, 0) is 11.3 Å². The number of quaternary nitrogens is 1. The van der Waals surface area contributed by atoms with Gasteiger partial charge in [-0.1, -0.05) is 31.4 Å². The molecule has 3 amide bonds. The Hall–Kier alpha value is -2.08. The first-order chi connectivity index (χ1) is 12.0. The van der Waals surface area contributed by atoms with Crippen LogP contribution < -0.4 is 20.3 Å². The van der Waals surface area contributed by atoms with Gasteiger partial charge in [-0.2, -0.15) is 0 Å². The van der Waals surface area contributed by atoms with Crippen LogP contribution in [0.1, 0.15) is 44.6 Å². The Kier molecular flexibility index (Phi) is 7.25. The predicted octanol–water partition coefficient (Wildman–Crippen LogP) is 1.26. The lowest BCUT2D eigenvalue weighted by atomic mass is 9.96. The molecule has 0 aromatic heterocycles. The van der Waals surface area contributed by atoms with E-state index in [1.807, 2.05) is 38.2 Å². The van der Waals surface area contributed by atoms with Crippen molar-refractivity contribution in [3.63, 3.8) is 0 Å². The minimum absolute atomic E-state index is 0.193. The van der Waals surface area contributed by atoms with E-state index >= 15 is 0 Å². The van der Waals surface area contributed by atoms with E-state index in [2.05, 4.69) is 10.6 Å². The lowest BCUT2D eigenvalue weighted by Gasteiger charge is -2.24. The highest BCUT2D eigenvalue weighted by atomic mass is 16.5. The zero-order chi connectivity index (χ0) is 18.2. The highest BCUT2D eigenvalue weighted by Crippen LogP contribution is 2.17. The van der Waals surface area contributed by atoms with E-state index in [-0.39, 0.29) is 24.0 Å². The van der Waals surface area contributed by atoms with Crippen molar-refractivity contribution in [1.29, 1.82) is 0 Å². The number of hydrogen-bond donors (Lipinski definition) is 3. The number of methoxy groups -OCH3 is 1. The van der Waals surface area contributed by atoms with Crippen LogP contribution in [0, 0.1) is 0 Å². The van der Waals surface area contributed by atoms with Gasteiger partial charge in [-0.3, -0.25) is 10.1 Å². The molecule has 1 unspecified atom stereocenters. The molecule has 1 fully saturated rings. The van der Waals surface area contributed by atoms with Crippen molar-refractivity contribution in [2.75, 3.05) is 14.2 Å². The van der Waals surface area contributed by atoms with Gasteiger partial charge >= 0.3 is 6.03 Å². The molecule has 6 nitrogen and oxygen atoms in total. The van der Waals surface area contributed by atoms with E-state index in [9.17, 15) is 9.59 Å². The van der Waals surface area contributed by atoms with Crippen LogP contribution in [0.3, 0.4) is 0 Å². The molecule has 2 rings (SSSR count). The number of urea groups is 1. The first-order valence-corrected chi connectivity index (χ1v) is 9.06. The number of nitrogens with one attached hydrogen (secondary N) is 3. The van der Waals surface area contributed by atoms with Crippen molar-refractivity contribution in [2.45, 2.75) is 57.7 Å². The van der Waals surface area contributed by atoms with Crippen molar-refractivity contribution >= 4 is 11.9 Å². The highest BCUT2D eigenvalue weighted by Gasteiger charge is 2.25. The largest absolute Gasteiger partial charge is 0.497 e. The van der Waals surface area contributed by atoms with E-state index < -0.39 is 0 Å². The molecular weight excluding hydrogens is 318 g/mol. The Balaban J connectivity index is 1.82. The third-order valence-electron chi connectivity index (χ3n) is 4.93. The third kappa shape index (κ3) is 6.05. The summed E-state index contributed by atoms with van der Waals surface area (Å²) < 4.78 is 5.23. The number of amides is 3. The molecule has 0 bridgehead atoms. The van der Waals surface area contributed by atoms with Gasteiger partial charge in [-0.15, -0.1) is 0 Å². The molecule has 1 saturated carbocycles. The molecule has 0 aliphatic heterocycles. The van der Waals surface area contributed by atoms with Gasteiger partial charge in [0.15, 0.2) is 6.04 Å². The number of benzene rings is 1. The summed E-state index contributed by atoms with van der Waals surface area (Å²) in [5, 5.41) is 5.39. The quantitative estimate of drug-likeness (QED) is 0.725. The molecule has 138 valence electrons. The maximum absolute atomic E-state index is 12.3. The Bertz CT molecular complexity index is 585. The van der Waals surface area contributed by atoms with Crippen LogP contribution in [0.2, 0.25) is 0 Å². The molecule has 1 aliphatic rings. The van der Waals surface area contributed by atoms with E-state index in [4.69, 9.17) is 4.74 Å². The first kappa shape index (κ1) is 19.2. The fourth-order valence-electron chi connectivity index (χ4n) is 3.17. The molecule has 0 spiro atoms. The van der Waals surface area contributed by atoms with E-state index in [0.29, 0.717) is 6.54 Å². The molecule has 3 N–H and O–H groups in total. The van der Waals surface area contributed by atoms with Crippen molar-refractivity contribution in [3.05, 3.63) is 29.8 Å². The standard InChI is InChI=1S/C19H29N3O3/c1-14(22(2)13-15-8-7-11-17(12-15)25-3)18(23)21-19(24)20-16-9-5-4-6-10-16/h7-8,11-12,14,16H,4-6,9-10,13H2,1-3H3,(H2,20,21,23,24)/p+1/t14-/m0/s1. The zero-order valence-corrected chi connectivity index (χ0v) is 15.4. The summed E-state index contributed by atoms with van der Waals surface area (Å²) in [7, 11) is 3.58. The van der Waals surface area contributed by atoms with Crippen molar-refractivity contribution in [3.8, 4) is 5.75 Å². The van der Waals surface area contributed by atoms with Crippen LogP contribution in [0.5, 0.6) is 5.75 Å². The van der Waals surface area contributed by atoms with Gasteiger partial charge in [0, 0.05) is 11.6 Å². The Morgan fingerprint density at radius 1 is 1.28 bits per heavy atom. The monoisotopic (exact) mass is 348 g/mol. The molecule has 1 aromatic carbocycles. The Morgan fingerprint density at radius 3 is 2.68 bits per heavy atom. The maximum atomic E-state index is 12.3. The summed E-state index contributed by atoms with van der Waals surface area (Å²) in [4.78, 5) is 25.4. The number of hydrogen-bond acceptors (Lipinski definition) is 3. The summed E-state index contributed by atoms with van der Waals surface area (Å²) in [6.45, 7) is 2.51. The smallest absolute Gasteiger partial charge is 0.321 e. The fraction of sp³-hybridized carbons (Fsp3) is 0.579. The lowest BCUT2D eigenvalue weighted by Crippen LogP contribution is -3.12. The van der Waals surface area contributed by atoms with Gasteiger partial charge in [0.1, 0.15) is 12.3 Å². The van der Waals surface area contributed by atoms with Crippen LogP contribution >= 0.6 is 0 Å². The van der Waals surface area contributed by atoms with Crippen molar-refractivity contribution < 1.29 is 19.2 Å². The SMILES string of the molecule is COc1cccc(C[NH+](C)[C@@H](C)C(=O)NC(=O)NC2CCCCC2)c1.